The molecule has 0 bridgehead atoms. The van der Waals surface area contributed by atoms with E-state index in [9.17, 15) is 4.79 Å². The second-order valence-corrected chi connectivity index (χ2v) is 5.78. The molecule has 0 spiro atoms. The maximum Gasteiger partial charge on any atom is 0.248 e. The Bertz CT molecular complexity index is 578. The molecule has 0 saturated heterocycles. The van der Waals surface area contributed by atoms with Gasteiger partial charge >= 0.3 is 0 Å². The molecule has 0 heterocycles. The van der Waals surface area contributed by atoms with Crippen LogP contribution in [-0.4, -0.2) is 17.9 Å². The third kappa shape index (κ3) is 4.18. The summed E-state index contributed by atoms with van der Waals surface area (Å²) in [7, 11) is 2.07. The summed E-state index contributed by atoms with van der Waals surface area (Å²) in [5, 5.41) is 0. The number of hydrogen-bond donors (Lipinski definition) is 1. The Morgan fingerprint density at radius 1 is 1.00 bits per heavy atom. The molecule has 104 valence electrons. The minimum atomic E-state index is -0.389. The van der Waals surface area contributed by atoms with Crippen molar-refractivity contribution in [2.75, 3.05) is 7.05 Å². The van der Waals surface area contributed by atoms with Crippen LogP contribution in [0.15, 0.2) is 53.0 Å². The molecule has 0 fully saturated rings. The Hall–Kier alpha value is -1.65. The zero-order valence-electron chi connectivity index (χ0n) is 11.3. The number of benzene rings is 2. The summed E-state index contributed by atoms with van der Waals surface area (Å²) in [4.78, 5) is 13.2. The predicted molar refractivity (Wildman–Crippen MR) is 84.3 cm³/mol. The van der Waals surface area contributed by atoms with Gasteiger partial charge in [0.15, 0.2) is 0 Å². The van der Waals surface area contributed by atoms with Crippen LogP contribution in [-0.2, 0) is 13.1 Å². The fourth-order valence-corrected chi connectivity index (χ4v) is 2.31. The molecule has 0 radical (unpaired) electrons. The van der Waals surface area contributed by atoms with Crippen molar-refractivity contribution in [3.63, 3.8) is 0 Å². The number of carbonyl (C=O) groups excluding carboxylic acids is 1. The van der Waals surface area contributed by atoms with Gasteiger partial charge in [0.25, 0.3) is 0 Å². The Balaban J connectivity index is 1.95. The second-order valence-electron chi connectivity index (χ2n) is 4.86. The zero-order chi connectivity index (χ0) is 14.5. The standard InChI is InChI=1S/C16H17BrN2O/c1-19(11-13-4-8-15(17)9-5-13)10-12-2-6-14(7-3-12)16(18)20/h2-9H,10-11H2,1H3,(H2,18,20). The fraction of sp³-hybridized carbons (Fsp3) is 0.188. The molecular weight excluding hydrogens is 316 g/mol. The highest BCUT2D eigenvalue weighted by Gasteiger charge is 2.04. The molecule has 2 aromatic carbocycles. The van der Waals surface area contributed by atoms with Crippen molar-refractivity contribution < 1.29 is 4.79 Å². The van der Waals surface area contributed by atoms with E-state index in [-0.39, 0.29) is 5.91 Å². The van der Waals surface area contributed by atoms with E-state index < -0.39 is 0 Å². The summed E-state index contributed by atoms with van der Waals surface area (Å²) in [6.07, 6.45) is 0. The summed E-state index contributed by atoms with van der Waals surface area (Å²) in [5.74, 6) is -0.389. The van der Waals surface area contributed by atoms with E-state index in [1.807, 2.05) is 24.3 Å². The van der Waals surface area contributed by atoms with Crippen LogP contribution in [0.2, 0.25) is 0 Å². The Morgan fingerprint density at radius 2 is 1.45 bits per heavy atom. The van der Waals surface area contributed by atoms with Gasteiger partial charge in [0.1, 0.15) is 0 Å². The highest BCUT2D eigenvalue weighted by molar-refractivity contribution is 9.10. The van der Waals surface area contributed by atoms with E-state index in [1.165, 1.54) is 5.56 Å². The lowest BCUT2D eigenvalue weighted by atomic mass is 10.1. The first-order chi connectivity index (χ1) is 9.54. The molecule has 0 aliphatic carbocycles. The normalized spacial score (nSPS) is 10.8. The molecule has 0 aromatic heterocycles. The molecule has 0 atom stereocenters. The summed E-state index contributed by atoms with van der Waals surface area (Å²) < 4.78 is 1.09. The zero-order valence-corrected chi connectivity index (χ0v) is 12.9. The number of nitrogens with zero attached hydrogens (tertiary/aromatic N) is 1. The molecule has 0 saturated carbocycles. The van der Waals surface area contributed by atoms with Crippen molar-refractivity contribution in [2.45, 2.75) is 13.1 Å². The number of primary amides is 1. The largest absolute Gasteiger partial charge is 0.366 e. The summed E-state index contributed by atoms with van der Waals surface area (Å²) in [5.41, 5.74) is 8.20. The first kappa shape index (κ1) is 14.8. The smallest absolute Gasteiger partial charge is 0.248 e. The minimum absolute atomic E-state index is 0.389. The van der Waals surface area contributed by atoms with Crippen LogP contribution in [0.3, 0.4) is 0 Å². The predicted octanol–water partition coefficient (Wildman–Crippen LogP) is 3.18. The van der Waals surface area contributed by atoms with E-state index in [0.717, 1.165) is 23.1 Å². The van der Waals surface area contributed by atoms with Gasteiger partial charge in [-0.25, -0.2) is 0 Å². The second kappa shape index (κ2) is 6.68. The van der Waals surface area contributed by atoms with E-state index in [0.29, 0.717) is 5.56 Å². The summed E-state index contributed by atoms with van der Waals surface area (Å²) in [6.45, 7) is 1.71. The number of halogens is 1. The highest BCUT2D eigenvalue weighted by atomic mass is 79.9. The van der Waals surface area contributed by atoms with Crippen LogP contribution in [0.5, 0.6) is 0 Å². The lowest BCUT2D eigenvalue weighted by Gasteiger charge is -2.17. The molecular formula is C16H17BrN2O. The number of hydrogen-bond acceptors (Lipinski definition) is 2. The van der Waals surface area contributed by atoms with Gasteiger partial charge in [-0.3, -0.25) is 9.69 Å². The van der Waals surface area contributed by atoms with E-state index >= 15 is 0 Å². The third-order valence-corrected chi connectivity index (χ3v) is 3.59. The molecule has 4 heteroatoms. The molecule has 3 nitrogen and oxygen atoms in total. The van der Waals surface area contributed by atoms with Crippen LogP contribution < -0.4 is 5.73 Å². The van der Waals surface area contributed by atoms with Gasteiger partial charge in [-0.05, 0) is 42.4 Å². The first-order valence-electron chi connectivity index (χ1n) is 6.36. The third-order valence-electron chi connectivity index (χ3n) is 3.06. The van der Waals surface area contributed by atoms with Crippen LogP contribution in [0.4, 0.5) is 0 Å². The molecule has 1 amide bonds. The Kier molecular flexibility index (Phi) is 4.93. The van der Waals surface area contributed by atoms with Crippen molar-refractivity contribution in [3.05, 3.63) is 69.7 Å². The van der Waals surface area contributed by atoms with Crippen LogP contribution in [0.1, 0.15) is 21.5 Å². The van der Waals surface area contributed by atoms with Crippen LogP contribution >= 0.6 is 15.9 Å². The van der Waals surface area contributed by atoms with Gasteiger partial charge < -0.3 is 5.73 Å². The van der Waals surface area contributed by atoms with Crippen LogP contribution in [0.25, 0.3) is 0 Å². The van der Waals surface area contributed by atoms with Gasteiger partial charge in [0, 0.05) is 23.1 Å². The lowest BCUT2D eigenvalue weighted by molar-refractivity contribution is 0.100. The number of rotatable bonds is 5. The topological polar surface area (TPSA) is 46.3 Å². The SMILES string of the molecule is CN(Cc1ccc(Br)cc1)Cc1ccc(C(N)=O)cc1. The molecule has 2 N–H and O–H groups in total. The van der Waals surface area contributed by atoms with E-state index in [4.69, 9.17) is 5.73 Å². The fourth-order valence-electron chi connectivity index (χ4n) is 2.04. The summed E-state index contributed by atoms with van der Waals surface area (Å²) in [6, 6.07) is 15.7. The van der Waals surface area contributed by atoms with Crippen molar-refractivity contribution in [2.24, 2.45) is 5.73 Å². The van der Waals surface area contributed by atoms with Crippen molar-refractivity contribution in [3.8, 4) is 0 Å². The monoisotopic (exact) mass is 332 g/mol. The molecule has 0 unspecified atom stereocenters. The average molecular weight is 333 g/mol. The Labute approximate surface area is 127 Å². The van der Waals surface area contributed by atoms with E-state index in [1.54, 1.807) is 12.1 Å². The first-order valence-corrected chi connectivity index (χ1v) is 7.15. The number of carbonyl (C=O) groups is 1. The summed E-state index contributed by atoms with van der Waals surface area (Å²) >= 11 is 3.43. The molecule has 20 heavy (non-hydrogen) atoms. The van der Waals surface area contributed by atoms with Gasteiger partial charge in [-0.2, -0.15) is 0 Å². The molecule has 2 aromatic rings. The quantitative estimate of drug-likeness (QED) is 0.913. The molecule has 0 aliphatic rings. The van der Waals surface area contributed by atoms with Crippen LogP contribution in [0, 0.1) is 0 Å². The average Bonchev–Trinajstić information content (AvgIpc) is 2.42. The molecule has 0 aliphatic heterocycles. The van der Waals surface area contributed by atoms with E-state index in [2.05, 4.69) is 40.0 Å². The minimum Gasteiger partial charge on any atom is -0.366 e. The Morgan fingerprint density at radius 3 is 1.90 bits per heavy atom. The number of amides is 1. The van der Waals surface area contributed by atoms with Gasteiger partial charge in [-0.1, -0.05) is 40.2 Å². The van der Waals surface area contributed by atoms with Crippen molar-refractivity contribution >= 4 is 21.8 Å². The van der Waals surface area contributed by atoms with Crippen molar-refractivity contribution in [1.82, 2.24) is 4.90 Å². The van der Waals surface area contributed by atoms with Gasteiger partial charge in [0.2, 0.25) is 5.91 Å². The lowest BCUT2D eigenvalue weighted by Crippen LogP contribution is -2.17. The number of nitrogens with two attached hydrogens (primary N) is 1. The maximum atomic E-state index is 11.0. The molecule has 2 rings (SSSR count). The van der Waals surface area contributed by atoms with Gasteiger partial charge in [0.05, 0.1) is 0 Å². The van der Waals surface area contributed by atoms with Crippen molar-refractivity contribution in [1.29, 1.82) is 0 Å². The van der Waals surface area contributed by atoms with Gasteiger partial charge in [-0.15, -0.1) is 0 Å². The highest BCUT2D eigenvalue weighted by Crippen LogP contribution is 2.13. The maximum absolute atomic E-state index is 11.0.